The summed E-state index contributed by atoms with van der Waals surface area (Å²) in [6, 6.07) is 21.1. The Kier molecular flexibility index (Phi) is 9.11. The number of Topliss-reactive ketones (excluding diaryl/α,β-unsaturated/α-hetero) is 1. The van der Waals surface area contributed by atoms with Crippen LogP contribution in [0.25, 0.3) is 5.76 Å². The number of benzene rings is 3. The predicted molar refractivity (Wildman–Crippen MR) is 159 cm³/mol. The van der Waals surface area contributed by atoms with Gasteiger partial charge in [0.2, 0.25) is 5.13 Å². The minimum atomic E-state index is -0.910. The van der Waals surface area contributed by atoms with Crippen molar-refractivity contribution in [1.82, 2.24) is 10.2 Å². The third-order valence-corrected chi connectivity index (χ3v) is 8.71. The molecule has 1 atom stereocenters. The van der Waals surface area contributed by atoms with E-state index in [1.165, 1.54) is 40.1 Å². The van der Waals surface area contributed by atoms with E-state index in [1.807, 2.05) is 0 Å². The number of aromatic nitrogens is 2. The van der Waals surface area contributed by atoms with Crippen molar-refractivity contribution >= 4 is 45.7 Å². The summed E-state index contributed by atoms with van der Waals surface area (Å²) in [5.41, 5.74) is 1.94. The summed E-state index contributed by atoms with van der Waals surface area (Å²) < 4.78 is 19.7. The SMILES string of the molecule is CCCCCOc1ccc(C2/C(=C(/O)c3ccccc3)C(=O)C(=O)N2c2nnc(SCc3ccc(F)cc3)s2)cc1. The molecule has 210 valence electrons. The van der Waals surface area contributed by atoms with Gasteiger partial charge in [-0.15, -0.1) is 10.2 Å². The van der Waals surface area contributed by atoms with Crippen LogP contribution in [0.1, 0.15) is 48.9 Å². The zero-order valence-electron chi connectivity index (χ0n) is 22.3. The van der Waals surface area contributed by atoms with E-state index in [-0.39, 0.29) is 22.3 Å². The Morgan fingerprint density at radius 1 is 1.00 bits per heavy atom. The molecule has 41 heavy (non-hydrogen) atoms. The standard InChI is InChI=1S/C31H28FN3O4S2/c1-2-3-7-18-39-24-16-12-21(13-17-24)26-25(27(36)22-8-5-4-6-9-22)28(37)29(38)35(26)30-33-34-31(41-30)40-19-20-10-14-23(32)15-11-20/h4-6,8-17,26,36H,2-3,7,18-19H2,1H3/b27-25-. The van der Waals surface area contributed by atoms with Crippen LogP contribution in [0.5, 0.6) is 5.75 Å². The molecule has 4 aromatic rings. The van der Waals surface area contributed by atoms with Gasteiger partial charge < -0.3 is 9.84 Å². The Morgan fingerprint density at radius 3 is 2.44 bits per heavy atom. The van der Waals surface area contributed by atoms with Gasteiger partial charge in [0.1, 0.15) is 17.3 Å². The smallest absolute Gasteiger partial charge is 0.301 e. The molecule has 1 fully saturated rings. The molecule has 0 saturated carbocycles. The first-order valence-electron chi connectivity index (χ1n) is 13.3. The molecule has 0 aliphatic carbocycles. The monoisotopic (exact) mass is 589 g/mol. The van der Waals surface area contributed by atoms with E-state index in [0.717, 1.165) is 24.8 Å². The Hall–Kier alpha value is -4.02. The average molecular weight is 590 g/mol. The topological polar surface area (TPSA) is 92.6 Å². The number of ketones is 1. The number of hydrogen-bond acceptors (Lipinski definition) is 8. The summed E-state index contributed by atoms with van der Waals surface area (Å²) in [5, 5.41) is 20.0. The summed E-state index contributed by atoms with van der Waals surface area (Å²) in [4.78, 5) is 28.1. The van der Waals surface area contributed by atoms with Gasteiger partial charge in [-0.1, -0.05) is 97.5 Å². The van der Waals surface area contributed by atoms with Crippen molar-refractivity contribution in [2.75, 3.05) is 11.5 Å². The Bertz CT molecular complexity index is 1540. The zero-order chi connectivity index (χ0) is 28.8. The third kappa shape index (κ3) is 6.49. The highest BCUT2D eigenvalue weighted by molar-refractivity contribution is 8.00. The van der Waals surface area contributed by atoms with Crippen LogP contribution in [0.15, 0.2) is 88.8 Å². The van der Waals surface area contributed by atoms with Crippen LogP contribution < -0.4 is 9.64 Å². The highest BCUT2D eigenvalue weighted by Crippen LogP contribution is 2.44. The molecule has 7 nitrogen and oxygen atoms in total. The van der Waals surface area contributed by atoms with Crippen molar-refractivity contribution < 1.29 is 23.8 Å². The summed E-state index contributed by atoms with van der Waals surface area (Å²) in [7, 11) is 0. The lowest BCUT2D eigenvalue weighted by Crippen LogP contribution is -2.29. The molecular formula is C31H28FN3O4S2. The van der Waals surface area contributed by atoms with Gasteiger partial charge in [0.25, 0.3) is 5.78 Å². The van der Waals surface area contributed by atoms with Crippen molar-refractivity contribution in [3.05, 3.63) is 107 Å². The van der Waals surface area contributed by atoms with E-state index in [4.69, 9.17) is 4.74 Å². The van der Waals surface area contributed by atoms with E-state index in [2.05, 4.69) is 17.1 Å². The maximum absolute atomic E-state index is 13.4. The van der Waals surface area contributed by atoms with Crippen molar-refractivity contribution in [2.45, 2.75) is 42.3 Å². The Morgan fingerprint density at radius 2 is 1.73 bits per heavy atom. The molecule has 1 saturated heterocycles. The van der Waals surface area contributed by atoms with Gasteiger partial charge in [0.05, 0.1) is 18.2 Å². The predicted octanol–water partition coefficient (Wildman–Crippen LogP) is 7.16. The highest BCUT2D eigenvalue weighted by Gasteiger charge is 2.48. The fourth-order valence-electron chi connectivity index (χ4n) is 4.47. The van der Waals surface area contributed by atoms with Gasteiger partial charge in [-0.2, -0.15) is 0 Å². The molecule has 3 aromatic carbocycles. The number of thioether (sulfide) groups is 1. The average Bonchev–Trinajstić information content (AvgIpc) is 3.57. The van der Waals surface area contributed by atoms with Gasteiger partial charge in [0.15, 0.2) is 4.34 Å². The quantitative estimate of drug-likeness (QED) is 0.0495. The number of halogens is 1. The van der Waals surface area contributed by atoms with E-state index in [9.17, 15) is 19.1 Å². The van der Waals surface area contributed by atoms with E-state index < -0.39 is 17.7 Å². The molecule has 1 aliphatic heterocycles. The van der Waals surface area contributed by atoms with E-state index in [1.54, 1.807) is 66.7 Å². The van der Waals surface area contributed by atoms with Gasteiger partial charge in [0, 0.05) is 11.3 Å². The fourth-order valence-corrected chi connectivity index (χ4v) is 6.29. The maximum Gasteiger partial charge on any atom is 0.301 e. The molecule has 1 aromatic heterocycles. The number of amides is 1. The van der Waals surface area contributed by atoms with Crippen LogP contribution in [0.3, 0.4) is 0 Å². The first kappa shape index (κ1) is 28.5. The van der Waals surface area contributed by atoms with Crippen LogP contribution in [-0.4, -0.2) is 33.6 Å². The summed E-state index contributed by atoms with van der Waals surface area (Å²) >= 11 is 2.57. The van der Waals surface area contributed by atoms with Crippen molar-refractivity contribution in [3.63, 3.8) is 0 Å². The number of hydrogen-bond donors (Lipinski definition) is 1. The van der Waals surface area contributed by atoms with Crippen molar-refractivity contribution in [1.29, 1.82) is 0 Å². The normalized spacial score (nSPS) is 16.3. The molecule has 1 amide bonds. The number of rotatable bonds is 11. The molecule has 0 spiro atoms. The largest absolute Gasteiger partial charge is 0.507 e. The molecule has 5 rings (SSSR count). The van der Waals surface area contributed by atoms with Gasteiger partial charge >= 0.3 is 5.91 Å². The summed E-state index contributed by atoms with van der Waals surface area (Å²) in [6.45, 7) is 2.73. The zero-order valence-corrected chi connectivity index (χ0v) is 24.0. The number of anilines is 1. The molecule has 1 aliphatic rings. The first-order valence-corrected chi connectivity index (χ1v) is 15.1. The van der Waals surface area contributed by atoms with Crippen molar-refractivity contribution in [3.8, 4) is 5.75 Å². The van der Waals surface area contributed by atoms with Crippen LogP contribution in [0.2, 0.25) is 0 Å². The summed E-state index contributed by atoms with van der Waals surface area (Å²) in [5.74, 6) is -0.943. The number of nitrogens with zero attached hydrogens (tertiary/aromatic N) is 3. The Balaban J connectivity index is 1.47. The lowest BCUT2D eigenvalue weighted by Gasteiger charge is -2.22. The molecule has 10 heteroatoms. The third-order valence-electron chi connectivity index (χ3n) is 6.58. The lowest BCUT2D eigenvalue weighted by atomic mass is 9.95. The van der Waals surface area contributed by atoms with E-state index >= 15 is 0 Å². The van der Waals surface area contributed by atoms with Gasteiger partial charge in [-0.3, -0.25) is 14.5 Å². The summed E-state index contributed by atoms with van der Waals surface area (Å²) in [6.07, 6.45) is 3.13. The second-order valence-electron chi connectivity index (χ2n) is 9.43. The van der Waals surface area contributed by atoms with Gasteiger partial charge in [-0.25, -0.2) is 4.39 Å². The minimum absolute atomic E-state index is 0.0199. The van der Waals surface area contributed by atoms with E-state index in [0.29, 0.717) is 33.6 Å². The second-order valence-corrected chi connectivity index (χ2v) is 11.6. The van der Waals surface area contributed by atoms with Crippen LogP contribution >= 0.6 is 23.1 Å². The number of unbranched alkanes of at least 4 members (excludes halogenated alkanes) is 2. The molecule has 1 unspecified atom stereocenters. The first-order chi connectivity index (χ1) is 20.0. The molecular weight excluding hydrogens is 561 g/mol. The minimum Gasteiger partial charge on any atom is -0.507 e. The molecule has 0 radical (unpaired) electrons. The number of ether oxygens (including phenoxy) is 1. The number of aliphatic hydroxyl groups is 1. The maximum atomic E-state index is 13.4. The number of carbonyl (C=O) groups is 2. The van der Waals surface area contributed by atoms with Crippen LogP contribution in [-0.2, 0) is 15.3 Å². The Labute approximate surface area is 245 Å². The number of aliphatic hydroxyl groups excluding tert-OH is 1. The molecule has 0 bridgehead atoms. The molecule has 2 heterocycles. The van der Waals surface area contributed by atoms with Gasteiger partial charge in [-0.05, 0) is 41.8 Å². The second kappa shape index (κ2) is 13.1. The molecule has 1 N–H and O–H groups in total. The van der Waals surface area contributed by atoms with Crippen molar-refractivity contribution in [2.24, 2.45) is 0 Å². The van der Waals surface area contributed by atoms with Crippen LogP contribution in [0, 0.1) is 5.82 Å². The number of carbonyl (C=O) groups excluding carboxylic acids is 2. The fraction of sp³-hybridized carbons (Fsp3) is 0.226. The van der Waals surface area contributed by atoms with Crippen LogP contribution in [0.4, 0.5) is 9.52 Å². The lowest BCUT2D eigenvalue weighted by molar-refractivity contribution is -0.132. The highest BCUT2D eigenvalue weighted by atomic mass is 32.2.